The zero-order valence-electron chi connectivity index (χ0n) is 27.3. The first-order chi connectivity index (χ1) is 22.5. The summed E-state index contributed by atoms with van der Waals surface area (Å²) in [6.45, 7) is 1.33. The molecule has 16 heteroatoms. The van der Waals surface area contributed by atoms with Crippen molar-refractivity contribution in [2.45, 2.75) is 99.0 Å². The SMILES string of the molecule is CN(C)C(=O)N[C@H]1CCCCC/C=C\[C@H]2C[C@@]2(C(=O)NS(=O)(=O)C2(C)CC2)CC(=O)[C@@H]2C[C@H](OS(=O)(=O)c3ccc(Br)cc3)CN2C1=O. The molecule has 0 aromatic heterocycles. The van der Waals surface area contributed by atoms with Crippen LogP contribution in [0.4, 0.5) is 4.79 Å². The summed E-state index contributed by atoms with van der Waals surface area (Å²) in [4.78, 5) is 57.2. The topological polar surface area (TPSA) is 176 Å². The fourth-order valence-electron chi connectivity index (χ4n) is 6.39. The van der Waals surface area contributed by atoms with E-state index in [1.165, 1.54) is 36.0 Å². The Hall–Kier alpha value is -2.82. The van der Waals surface area contributed by atoms with E-state index in [1.807, 2.05) is 12.2 Å². The number of Topliss-reactive ketones (excluding diaryl/α,β-unsaturated/α-hetero) is 1. The van der Waals surface area contributed by atoms with Crippen LogP contribution in [0.15, 0.2) is 45.8 Å². The number of hydrogen-bond donors (Lipinski definition) is 2. The van der Waals surface area contributed by atoms with Gasteiger partial charge < -0.3 is 15.1 Å². The third kappa shape index (κ3) is 7.81. The molecule has 4 aliphatic rings. The lowest BCUT2D eigenvalue weighted by Crippen LogP contribution is -2.54. The van der Waals surface area contributed by atoms with Crippen LogP contribution in [-0.2, 0) is 38.7 Å². The van der Waals surface area contributed by atoms with Crippen molar-refractivity contribution >= 4 is 59.7 Å². The standard InChI is InChI=1S/C32H43BrN4O9S2/c1-31(15-16-31)48(44,45)35-29(40)32-18-21(32)9-7-5-4-6-8-10-25(34-30(41)36(2)3)28(39)37-20-23(17-26(37)27(38)19-32)46-47(42,43)24-13-11-22(33)12-14-24/h7,9,11-14,21,23,25-26H,4-6,8,10,15-20H2,1-3H3,(H,34,41)(H,35,40)/b9-7-/t21-,23-,25-,26-,32+/m0/s1. The number of carbonyl (C=O) groups is 4. The number of benzene rings is 1. The largest absolute Gasteiger partial charge is 0.331 e. The molecule has 3 fully saturated rings. The van der Waals surface area contributed by atoms with Crippen LogP contribution in [0.1, 0.15) is 71.1 Å². The summed E-state index contributed by atoms with van der Waals surface area (Å²) in [6, 6.07) is 3.19. The second-order valence-electron chi connectivity index (χ2n) is 13.8. The molecule has 48 heavy (non-hydrogen) atoms. The van der Waals surface area contributed by atoms with Crippen LogP contribution in [-0.4, -0.2) is 93.8 Å². The number of hydrogen-bond acceptors (Lipinski definition) is 9. The molecule has 5 atom stereocenters. The van der Waals surface area contributed by atoms with Gasteiger partial charge in [0.25, 0.3) is 10.1 Å². The van der Waals surface area contributed by atoms with Gasteiger partial charge in [-0.3, -0.25) is 23.3 Å². The number of nitrogens with zero attached hydrogens (tertiary/aromatic N) is 2. The van der Waals surface area contributed by atoms with Gasteiger partial charge in [-0.05, 0) is 75.6 Å². The maximum Gasteiger partial charge on any atom is 0.317 e. The number of urea groups is 1. The molecule has 2 N–H and O–H groups in total. The summed E-state index contributed by atoms with van der Waals surface area (Å²) in [5.74, 6) is -2.19. The maximum atomic E-state index is 14.2. The predicted octanol–water partition coefficient (Wildman–Crippen LogP) is 3.25. The third-order valence-electron chi connectivity index (χ3n) is 9.92. The summed E-state index contributed by atoms with van der Waals surface area (Å²) < 4.78 is 59.9. The Bertz CT molecular complexity index is 1690. The predicted molar refractivity (Wildman–Crippen MR) is 179 cm³/mol. The fraction of sp³-hybridized carbons (Fsp3) is 0.625. The molecule has 1 aromatic carbocycles. The van der Waals surface area contributed by atoms with Crippen molar-refractivity contribution in [2.24, 2.45) is 11.3 Å². The molecule has 264 valence electrons. The van der Waals surface area contributed by atoms with Crippen molar-refractivity contribution in [3.63, 3.8) is 0 Å². The van der Waals surface area contributed by atoms with Crippen LogP contribution in [0.5, 0.6) is 0 Å². The van der Waals surface area contributed by atoms with Gasteiger partial charge in [-0.1, -0.05) is 40.9 Å². The molecule has 2 aliphatic carbocycles. The third-order valence-corrected chi connectivity index (χ3v) is 14.0. The van der Waals surface area contributed by atoms with E-state index < -0.39 is 72.1 Å². The van der Waals surface area contributed by atoms with Gasteiger partial charge in [0.05, 0.1) is 27.2 Å². The van der Waals surface area contributed by atoms with Crippen molar-refractivity contribution in [2.75, 3.05) is 20.6 Å². The van der Waals surface area contributed by atoms with Crippen molar-refractivity contribution < 1.29 is 40.2 Å². The van der Waals surface area contributed by atoms with E-state index in [9.17, 15) is 36.0 Å². The lowest BCUT2D eigenvalue weighted by atomic mass is 9.91. The first kappa shape index (κ1) is 36.5. The van der Waals surface area contributed by atoms with Crippen LogP contribution in [0.2, 0.25) is 0 Å². The van der Waals surface area contributed by atoms with E-state index in [1.54, 1.807) is 19.1 Å². The molecule has 2 aliphatic heterocycles. The van der Waals surface area contributed by atoms with Gasteiger partial charge in [0.1, 0.15) is 6.04 Å². The van der Waals surface area contributed by atoms with E-state index in [-0.39, 0.29) is 36.6 Å². The number of sulfonamides is 1. The molecule has 5 rings (SSSR count). The van der Waals surface area contributed by atoms with E-state index in [2.05, 4.69) is 26.0 Å². The molecule has 2 saturated carbocycles. The molecule has 13 nitrogen and oxygen atoms in total. The smallest absolute Gasteiger partial charge is 0.317 e. The second kappa shape index (κ2) is 13.8. The highest BCUT2D eigenvalue weighted by molar-refractivity contribution is 9.10. The molecule has 0 bridgehead atoms. The van der Waals surface area contributed by atoms with Gasteiger partial charge in [-0.15, -0.1) is 0 Å². The molecule has 0 unspecified atom stereocenters. The maximum absolute atomic E-state index is 14.2. The zero-order chi connectivity index (χ0) is 35.1. The summed E-state index contributed by atoms with van der Waals surface area (Å²) >= 11 is 3.27. The normalized spacial score (nSPS) is 29.8. The molecule has 0 radical (unpaired) electrons. The van der Waals surface area contributed by atoms with Gasteiger partial charge >= 0.3 is 6.03 Å². The Kier molecular flexibility index (Phi) is 10.5. The van der Waals surface area contributed by atoms with Gasteiger partial charge in [-0.25, -0.2) is 13.2 Å². The molecule has 0 spiro atoms. The number of rotatable bonds is 7. The van der Waals surface area contributed by atoms with Crippen LogP contribution < -0.4 is 10.0 Å². The zero-order valence-corrected chi connectivity index (χ0v) is 30.5. The van der Waals surface area contributed by atoms with E-state index >= 15 is 0 Å². The van der Waals surface area contributed by atoms with Crippen molar-refractivity contribution in [1.29, 1.82) is 0 Å². The number of carbonyl (C=O) groups excluding carboxylic acids is 4. The first-order valence-corrected chi connectivity index (χ1v) is 19.9. The van der Waals surface area contributed by atoms with E-state index in [0.717, 1.165) is 12.8 Å². The average molecular weight is 772 g/mol. The van der Waals surface area contributed by atoms with Crippen molar-refractivity contribution in [3.8, 4) is 0 Å². The highest BCUT2D eigenvalue weighted by Crippen LogP contribution is 2.57. The van der Waals surface area contributed by atoms with Crippen LogP contribution in [0, 0.1) is 11.3 Å². The number of fused-ring (bicyclic) bond motifs is 2. The molecular formula is C32H43BrN4O9S2. The monoisotopic (exact) mass is 770 g/mol. The second-order valence-corrected chi connectivity index (χ2v) is 18.5. The van der Waals surface area contributed by atoms with Crippen molar-refractivity contribution in [1.82, 2.24) is 19.8 Å². The fourth-order valence-corrected chi connectivity index (χ4v) is 9.06. The van der Waals surface area contributed by atoms with Gasteiger partial charge in [0, 0.05) is 38.0 Å². The summed E-state index contributed by atoms with van der Waals surface area (Å²) in [5, 5.41) is 2.75. The van der Waals surface area contributed by atoms with Crippen LogP contribution >= 0.6 is 15.9 Å². The molecular weight excluding hydrogens is 728 g/mol. The van der Waals surface area contributed by atoms with E-state index in [0.29, 0.717) is 36.6 Å². The van der Waals surface area contributed by atoms with Gasteiger partial charge in [-0.2, -0.15) is 8.42 Å². The number of allylic oxidation sites excluding steroid dienone is 2. The summed E-state index contributed by atoms with van der Waals surface area (Å²) in [7, 11) is -5.18. The molecule has 4 amide bonds. The summed E-state index contributed by atoms with van der Waals surface area (Å²) in [5.41, 5.74) is -1.33. The Balaban J connectivity index is 1.45. The highest BCUT2D eigenvalue weighted by Gasteiger charge is 2.62. The number of ketones is 1. The van der Waals surface area contributed by atoms with Crippen LogP contribution in [0.25, 0.3) is 0 Å². The molecule has 1 aromatic rings. The van der Waals surface area contributed by atoms with Gasteiger partial charge in [0.15, 0.2) is 5.78 Å². The molecule has 1 saturated heterocycles. The lowest BCUT2D eigenvalue weighted by molar-refractivity contribution is -0.140. The van der Waals surface area contributed by atoms with Crippen LogP contribution in [0.3, 0.4) is 0 Å². The first-order valence-electron chi connectivity index (χ1n) is 16.2. The minimum absolute atomic E-state index is 0.0993. The molecule has 2 heterocycles. The quantitative estimate of drug-likeness (QED) is 0.312. The van der Waals surface area contributed by atoms with Gasteiger partial charge in [0.2, 0.25) is 21.8 Å². The Labute approximate surface area is 290 Å². The highest BCUT2D eigenvalue weighted by atomic mass is 79.9. The number of amides is 4. The lowest BCUT2D eigenvalue weighted by Gasteiger charge is -2.30. The Morgan fingerprint density at radius 3 is 2.38 bits per heavy atom. The van der Waals surface area contributed by atoms with E-state index in [4.69, 9.17) is 4.18 Å². The number of nitrogens with one attached hydrogen (secondary N) is 2. The Morgan fingerprint density at radius 2 is 1.73 bits per heavy atom. The Morgan fingerprint density at radius 1 is 1.04 bits per heavy atom. The number of halogens is 1. The minimum atomic E-state index is -4.28. The average Bonchev–Trinajstić information content (AvgIpc) is 3.89. The summed E-state index contributed by atoms with van der Waals surface area (Å²) in [6.07, 6.45) is 6.46. The minimum Gasteiger partial charge on any atom is -0.331 e. The van der Waals surface area contributed by atoms with Crippen molar-refractivity contribution in [3.05, 3.63) is 40.9 Å².